The summed E-state index contributed by atoms with van der Waals surface area (Å²) in [6.45, 7) is 5.99. The Kier molecular flexibility index (Phi) is 6.70. The number of methoxy groups -OCH3 is 1. The van der Waals surface area contributed by atoms with E-state index in [-0.39, 0.29) is 23.5 Å². The number of nitrogens with one attached hydrogen (secondary N) is 1. The molecule has 0 heterocycles. The molecule has 0 spiro atoms. The zero-order chi connectivity index (χ0) is 20.7. The van der Waals surface area contributed by atoms with Gasteiger partial charge in [0.25, 0.3) is 5.91 Å². The van der Waals surface area contributed by atoms with E-state index in [1.807, 2.05) is 24.3 Å². The molecule has 28 heavy (non-hydrogen) atoms. The van der Waals surface area contributed by atoms with E-state index in [9.17, 15) is 14.9 Å². The van der Waals surface area contributed by atoms with Crippen molar-refractivity contribution < 1.29 is 19.2 Å². The molecular formula is C20H23N3O5. The van der Waals surface area contributed by atoms with Crippen molar-refractivity contribution in [3.05, 3.63) is 63.7 Å². The molecule has 2 aromatic rings. The van der Waals surface area contributed by atoms with Crippen LogP contribution in [0.25, 0.3) is 0 Å². The van der Waals surface area contributed by atoms with Gasteiger partial charge < -0.3 is 9.47 Å². The molecule has 0 saturated heterocycles. The highest BCUT2D eigenvalue weighted by Crippen LogP contribution is 2.30. The number of hydrazone groups is 1. The fourth-order valence-corrected chi connectivity index (χ4v) is 2.50. The first kappa shape index (κ1) is 20.9. The third kappa shape index (κ3) is 5.54. The first-order valence-electron chi connectivity index (χ1n) is 8.59. The zero-order valence-electron chi connectivity index (χ0n) is 16.3. The number of carbonyl (C=O) groups excluding carboxylic acids is 1. The van der Waals surface area contributed by atoms with E-state index < -0.39 is 10.8 Å². The van der Waals surface area contributed by atoms with Gasteiger partial charge in [0.05, 0.1) is 18.2 Å². The normalized spacial score (nSPS) is 11.3. The van der Waals surface area contributed by atoms with Gasteiger partial charge in [-0.15, -0.1) is 0 Å². The Hall–Kier alpha value is -3.42. The van der Waals surface area contributed by atoms with Gasteiger partial charge in [-0.25, -0.2) is 5.43 Å². The number of benzene rings is 2. The molecular weight excluding hydrogens is 362 g/mol. The summed E-state index contributed by atoms with van der Waals surface area (Å²) in [5, 5.41) is 14.8. The molecule has 148 valence electrons. The van der Waals surface area contributed by atoms with Gasteiger partial charge in [0.1, 0.15) is 5.75 Å². The molecule has 0 unspecified atom stereocenters. The topological polar surface area (TPSA) is 103 Å². The molecule has 0 atom stereocenters. The van der Waals surface area contributed by atoms with Gasteiger partial charge in [-0.1, -0.05) is 39.0 Å². The van der Waals surface area contributed by atoms with Crippen LogP contribution in [-0.2, 0) is 10.2 Å². The standard InChI is InChI=1S/C20H23N3O5/c1-20(2,3)15-7-5-6-8-17(15)28-13-19(24)22-21-12-14-9-10-18(27-4)16(11-14)23(25)26/h5-12H,13H2,1-4H3,(H,22,24)/b21-12+. The lowest BCUT2D eigenvalue weighted by molar-refractivity contribution is -0.385. The minimum atomic E-state index is -0.546. The summed E-state index contributed by atoms with van der Waals surface area (Å²) in [6, 6.07) is 11.9. The minimum Gasteiger partial charge on any atom is -0.490 e. The fraction of sp³-hybridized carbons (Fsp3) is 0.300. The predicted molar refractivity (Wildman–Crippen MR) is 106 cm³/mol. The largest absolute Gasteiger partial charge is 0.490 e. The van der Waals surface area contributed by atoms with Gasteiger partial charge in [-0.3, -0.25) is 14.9 Å². The molecule has 8 heteroatoms. The quantitative estimate of drug-likeness (QED) is 0.447. The third-order valence-corrected chi connectivity index (χ3v) is 3.86. The van der Waals surface area contributed by atoms with E-state index in [0.717, 1.165) is 5.56 Å². The molecule has 0 aliphatic carbocycles. The number of para-hydroxylation sites is 1. The summed E-state index contributed by atoms with van der Waals surface area (Å²) >= 11 is 0. The molecule has 1 amide bonds. The fourth-order valence-electron chi connectivity index (χ4n) is 2.50. The lowest BCUT2D eigenvalue weighted by Crippen LogP contribution is -2.25. The number of hydrogen-bond acceptors (Lipinski definition) is 6. The van der Waals surface area contributed by atoms with Gasteiger partial charge in [0.15, 0.2) is 12.4 Å². The molecule has 0 saturated carbocycles. The van der Waals surface area contributed by atoms with Crippen molar-refractivity contribution in [1.29, 1.82) is 0 Å². The van der Waals surface area contributed by atoms with Crippen molar-refractivity contribution in [2.45, 2.75) is 26.2 Å². The highest BCUT2D eigenvalue weighted by atomic mass is 16.6. The second-order valence-corrected chi connectivity index (χ2v) is 7.02. The van der Waals surface area contributed by atoms with Crippen LogP contribution in [0.1, 0.15) is 31.9 Å². The van der Waals surface area contributed by atoms with Crippen molar-refractivity contribution in [1.82, 2.24) is 5.43 Å². The second kappa shape index (κ2) is 8.98. The third-order valence-electron chi connectivity index (χ3n) is 3.86. The van der Waals surface area contributed by atoms with Crippen molar-refractivity contribution >= 4 is 17.8 Å². The summed E-state index contributed by atoms with van der Waals surface area (Å²) in [7, 11) is 1.36. The highest BCUT2D eigenvalue weighted by molar-refractivity contribution is 5.84. The van der Waals surface area contributed by atoms with Crippen molar-refractivity contribution in [2.75, 3.05) is 13.7 Å². The van der Waals surface area contributed by atoms with E-state index in [2.05, 4.69) is 31.3 Å². The Morgan fingerprint density at radius 2 is 1.93 bits per heavy atom. The van der Waals surface area contributed by atoms with Crippen LogP contribution in [0, 0.1) is 10.1 Å². The Morgan fingerprint density at radius 1 is 1.21 bits per heavy atom. The Labute approximate surface area is 163 Å². The molecule has 8 nitrogen and oxygen atoms in total. The Balaban J connectivity index is 1.97. The number of hydrogen-bond donors (Lipinski definition) is 1. The maximum Gasteiger partial charge on any atom is 0.311 e. The number of carbonyl (C=O) groups is 1. The summed E-state index contributed by atoms with van der Waals surface area (Å²) in [4.78, 5) is 22.4. The average molecular weight is 385 g/mol. The lowest BCUT2D eigenvalue weighted by Gasteiger charge is -2.22. The maximum absolute atomic E-state index is 12.0. The monoisotopic (exact) mass is 385 g/mol. The van der Waals surface area contributed by atoms with Crippen molar-refractivity contribution in [3.8, 4) is 11.5 Å². The number of rotatable bonds is 7. The average Bonchev–Trinajstić information content (AvgIpc) is 2.65. The van der Waals surface area contributed by atoms with Crippen molar-refractivity contribution in [3.63, 3.8) is 0 Å². The second-order valence-electron chi connectivity index (χ2n) is 7.02. The predicted octanol–water partition coefficient (Wildman–Crippen LogP) is 3.43. The molecule has 2 aromatic carbocycles. The van der Waals surface area contributed by atoms with E-state index in [0.29, 0.717) is 11.3 Å². The minimum absolute atomic E-state index is 0.117. The lowest BCUT2D eigenvalue weighted by atomic mass is 9.86. The summed E-state index contributed by atoms with van der Waals surface area (Å²) in [5.41, 5.74) is 3.49. The van der Waals surface area contributed by atoms with Crippen molar-refractivity contribution in [2.24, 2.45) is 5.10 Å². The highest BCUT2D eigenvalue weighted by Gasteiger charge is 2.19. The number of ether oxygens (including phenoxy) is 2. The van der Waals surface area contributed by atoms with Gasteiger partial charge in [-0.05, 0) is 29.2 Å². The van der Waals surface area contributed by atoms with E-state index in [1.165, 1.54) is 25.5 Å². The van der Waals surface area contributed by atoms with Crippen LogP contribution in [0.5, 0.6) is 11.5 Å². The molecule has 0 aliphatic heterocycles. The van der Waals surface area contributed by atoms with Crippen LogP contribution in [-0.4, -0.2) is 30.8 Å². The number of nitro groups is 1. The van der Waals surface area contributed by atoms with Gasteiger partial charge in [-0.2, -0.15) is 5.10 Å². The van der Waals surface area contributed by atoms with E-state index in [4.69, 9.17) is 9.47 Å². The smallest absolute Gasteiger partial charge is 0.311 e. The SMILES string of the molecule is COc1ccc(/C=N/NC(=O)COc2ccccc2C(C)(C)C)cc1[N+](=O)[O-]. The molecule has 1 N–H and O–H groups in total. The van der Waals surface area contributed by atoms with Crippen LogP contribution in [0.2, 0.25) is 0 Å². The first-order chi connectivity index (χ1) is 13.2. The molecule has 0 aliphatic rings. The molecule has 0 radical (unpaired) electrons. The molecule has 0 fully saturated rings. The van der Waals surface area contributed by atoms with E-state index in [1.54, 1.807) is 6.07 Å². The number of nitrogens with zero attached hydrogens (tertiary/aromatic N) is 2. The summed E-state index contributed by atoms with van der Waals surface area (Å²) < 4.78 is 10.6. The van der Waals surface area contributed by atoms with Crippen LogP contribution < -0.4 is 14.9 Å². The van der Waals surface area contributed by atoms with Gasteiger partial charge >= 0.3 is 5.69 Å². The van der Waals surface area contributed by atoms with Gasteiger partial charge in [0.2, 0.25) is 0 Å². The first-order valence-corrected chi connectivity index (χ1v) is 8.59. The number of amides is 1. The van der Waals surface area contributed by atoms with Crippen LogP contribution >= 0.6 is 0 Å². The van der Waals surface area contributed by atoms with Crippen LogP contribution in [0.4, 0.5) is 5.69 Å². The Morgan fingerprint density at radius 3 is 2.57 bits per heavy atom. The molecule has 2 rings (SSSR count). The molecule has 0 bridgehead atoms. The molecule has 0 aromatic heterocycles. The van der Waals surface area contributed by atoms with Gasteiger partial charge in [0, 0.05) is 11.6 Å². The van der Waals surface area contributed by atoms with Crippen LogP contribution in [0.3, 0.4) is 0 Å². The summed E-state index contributed by atoms with van der Waals surface area (Å²) in [5.74, 6) is 0.347. The number of nitro benzene ring substituents is 1. The zero-order valence-corrected chi connectivity index (χ0v) is 16.3. The van der Waals surface area contributed by atoms with Crippen LogP contribution in [0.15, 0.2) is 47.6 Å². The summed E-state index contributed by atoms with van der Waals surface area (Å²) in [6.07, 6.45) is 1.31. The Bertz CT molecular complexity index is 888. The van der Waals surface area contributed by atoms with E-state index >= 15 is 0 Å². The maximum atomic E-state index is 12.0.